The van der Waals surface area contributed by atoms with Crippen molar-refractivity contribution in [3.8, 4) is 0 Å². The number of nitrogens with one attached hydrogen (secondary N) is 1. The predicted octanol–water partition coefficient (Wildman–Crippen LogP) is 6.78. The van der Waals surface area contributed by atoms with Gasteiger partial charge in [-0.25, -0.2) is 0 Å². The first-order valence-electron chi connectivity index (χ1n) is 12.1. The van der Waals surface area contributed by atoms with E-state index in [1.807, 2.05) is 72.8 Å². The van der Waals surface area contributed by atoms with Crippen LogP contribution in [0.1, 0.15) is 36.5 Å². The number of amides is 2. The van der Waals surface area contributed by atoms with Gasteiger partial charge in [-0.1, -0.05) is 97.2 Å². The van der Waals surface area contributed by atoms with Crippen molar-refractivity contribution in [2.75, 3.05) is 12.3 Å². The summed E-state index contributed by atoms with van der Waals surface area (Å²) in [7, 11) is 0. The summed E-state index contributed by atoms with van der Waals surface area (Å²) in [5.41, 5.74) is 2.86. The van der Waals surface area contributed by atoms with Crippen LogP contribution in [0.15, 0.2) is 78.9 Å². The van der Waals surface area contributed by atoms with Crippen LogP contribution in [0, 0.1) is 0 Å². The Balaban J connectivity index is 1.84. The van der Waals surface area contributed by atoms with E-state index in [-0.39, 0.29) is 17.6 Å². The number of rotatable bonds is 13. The Labute approximate surface area is 228 Å². The molecule has 0 aliphatic rings. The van der Waals surface area contributed by atoms with Crippen molar-refractivity contribution in [1.82, 2.24) is 10.2 Å². The van der Waals surface area contributed by atoms with Gasteiger partial charge in [0.05, 0.1) is 5.75 Å². The molecule has 0 aliphatic carbocycles. The van der Waals surface area contributed by atoms with Crippen LogP contribution >= 0.6 is 35.0 Å². The third-order valence-corrected chi connectivity index (χ3v) is 7.35. The number of nitrogens with zero attached hydrogens (tertiary/aromatic N) is 1. The third-order valence-electron chi connectivity index (χ3n) is 5.78. The maximum absolute atomic E-state index is 13.6. The Morgan fingerprint density at radius 1 is 0.944 bits per heavy atom. The lowest BCUT2D eigenvalue weighted by Crippen LogP contribution is -2.51. The second kappa shape index (κ2) is 14.9. The maximum atomic E-state index is 13.6. The van der Waals surface area contributed by atoms with E-state index in [0.29, 0.717) is 35.3 Å². The molecule has 7 heteroatoms. The first-order chi connectivity index (χ1) is 17.5. The van der Waals surface area contributed by atoms with Gasteiger partial charge >= 0.3 is 0 Å². The molecular weight excluding hydrogens is 511 g/mol. The Kier molecular flexibility index (Phi) is 11.7. The lowest BCUT2D eigenvalue weighted by atomic mass is 10.0. The van der Waals surface area contributed by atoms with Crippen molar-refractivity contribution >= 4 is 46.8 Å². The highest BCUT2D eigenvalue weighted by Gasteiger charge is 2.30. The standard InChI is InChI=1S/C29H32Cl2N2O2S/c1-2-3-16-32-29(35)27(18-22-10-5-4-6-11-22)33(19-23-12-9-14-25(30)17-23)28(34)21-36-20-24-13-7-8-15-26(24)31/h4-15,17,27H,2-3,16,18-21H2,1H3,(H,32,35). The molecule has 3 rings (SSSR count). The Hall–Kier alpha value is -2.47. The van der Waals surface area contributed by atoms with E-state index in [1.165, 1.54) is 11.8 Å². The summed E-state index contributed by atoms with van der Waals surface area (Å²) in [6.45, 7) is 2.96. The molecule has 0 saturated carbocycles. The molecule has 0 heterocycles. The van der Waals surface area contributed by atoms with Gasteiger partial charge in [-0.2, -0.15) is 0 Å². The molecule has 1 N–H and O–H groups in total. The van der Waals surface area contributed by atoms with Gasteiger partial charge in [0.15, 0.2) is 0 Å². The van der Waals surface area contributed by atoms with Crippen LogP contribution in [0.4, 0.5) is 0 Å². The topological polar surface area (TPSA) is 49.4 Å². The van der Waals surface area contributed by atoms with Crippen LogP contribution < -0.4 is 5.32 Å². The van der Waals surface area contributed by atoms with E-state index >= 15 is 0 Å². The fraction of sp³-hybridized carbons (Fsp3) is 0.310. The molecule has 0 saturated heterocycles. The van der Waals surface area contributed by atoms with Gasteiger partial charge in [0.1, 0.15) is 6.04 Å². The van der Waals surface area contributed by atoms with Crippen molar-refractivity contribution in [3.63, 3.8) is 0 Å². The highest BCUT2D eigenvalue weighted by atomic mass is 35.5. The molecule has 0 radical (unpaired) electrons. The molecule has 0 spiro atoms. The monoisotopic (exact) mass is 542 g/mol. The molecular formula is C29H32Cl2N2O2S. The molecule has 1 atom stereocenters. The minimum atomic E-state index is -0.642. The molecule has 190 valence electrons. The Morgan fingerprint density at radius 3 is 2.39 bits per heavy atom. The van der Waals surface area contributed by atoms with E-state index in [0.717, 1.165) is 29.5 Å². The van der Waals surface area contributed by atoms with Gasteiger partial charge in [-0.15, -0.1) is 11.8 Å². The van der Waals surface area contributed by atoms with Crippen LogP contribution in [-0.2, 0) is 28.3 Å². The van der Waals surface area contributed by atoms with E-state index in [2.05, 4.69) is 12.2 Å². The summed E-state index contributed by atoms with van der Waals surface area (Å²) in [6, 6.07) is 24.2. The normalized spacial score (nSPS) is 11.6. The maximum Gasteiger partial charge on any atom is 0.243 e. The molecule has 0 fully saturated rings. The van der Waals surface area contributed by atoms with Crippen molar-refractivity contribution in [3.05, 3.63) is 106 Å². The molecule has 2 amide bonds. The van der Waals surface area contributed by atoms with Crippen LogP contribution in [0.5, 0.6) is 0 Å². The van der Waals surface area contributed by atoms with Crippen LogP contribution in [0.25, 0.3) is 0 Å². The highest BCUT2D eigenvalue weighted by Crippen LogP contribution is 2.23. The third kappa shape index (κ3) is 8.88. The van der Waals surface area contributed by atoms with Gasteiger partial charge < -0.3 is 10.2 Å². The van der Waals surface area contributed by atoms with Crippen molar-refractivity contribution in [1.29, 1.82) is 0 Å². The number of hydrogen-bond donors (Lipinski definition) is 1. The van der Waals surface area contributed by atoms with E-state index < -0.39 is 6.04 Å². The Morgan fingerprint density at radius 2 is 1.67 bits per heavy atom. The second-order valence-corrected chi connectivity index (χ2v) is 10.4. The summed E-state index contributed by atoms with van der Waals surface area (Å²) >= 11 is 14.0. The number of carbonyl (C=O) groups excluding carboxylic acids is 2. The Bertz CT molecular complexity index is 1130. The minimum absolute atomic E-state index is 0.0985. The number of hydrogen-bond acceptors (Lipinski definition) is 3. The average molecular weight is 544 g/mol. The molecule has 1 unspecified atom stereocenters. The first-order valence-corrected chi connectivity index (χ1v) is 14.1. The fourth-order valence-corrected chi connectivity index (χ4v) is 5.25. The summed E-state index contributed by atoms with van der Waals surface area (Å²) in [5.74, 6) is 0.610. The number of halogens is 2. The zero-order valence-electron chi connectivity index (χ0n) is 20.5. The summed E-state index contributed by atoms with van der Waals surface area (Å²) < 4.78 is 0. The molecule has 0 bridgehead atoms. The number of benzene rings is 3. The van der Waals surface area contributed by atoms with Gasteiger partial charge in [-0.05, 0) is 41.3 Å². The van der Waals surface area contributed by atoms with Crippen molar-refractivity contribution < 1.29 is 9.59 Å². The van der Waals surface area contributed by atoms with Crippen LogP contribution in [0.3, 0.4) is 0 Å². The molecule has 0 aliphatic heterocycles. The van der Waals surface area contributed by atoms with Crippen molar-refractivity contribution in [2.24, 2.45) is 0 Å². The smallest absolute Gasteiger partial charge is 0.243 e. The SMILES string of the molecule is CCCCNC(=O)C(Cc1ccccc1)N(Cc1cccc(Cl)c1)C(=O)CSCc1ccccc1Cl. The zero-order chi connectivity index (χ0) is 25.8. The van der Waals surface area contributed by atoms with Crippen LogP contribution in [-0.4, -0.2) is 35.1 Å². The molecule has 4 nitrogen and oxygen atoms in total. The number of carbonyl (C=O) groups is 2. The summed E-state index contributed by atoms with van der Waals surface area (Å²) in [5, 5.41) is 4.33. The lowest BCUT2D eigenvalue weighted by molar-refractivity contribution is -0.139. The largest absolute Gasteiger partial charge is 0.354 e. The highest BCUT2D eigenvalue weighted by molar-refractivity contribution is 7.99. The second-order valence-electron chi connectivity index (χ2n) is 8.59. The molecule has 3 aromatic carbocycles. The summed E-state index contributed by atoms with van der Waals surface area (Å²) in [4.78, 5) is 28.7. The van der Waals surface area contributed by atoms with Crippen molar-refractivity contribution in [2.45, 2.75) is 44.5 Å². The quantitative estimate of drug-likeness (QED) is 0.242. The first kappa shape index (κ1) is 28.1. The predicted molar refractivity (Wildman–Crippen MR) is 151 cm³/mol. The molecule has 0 aromatic heterocycles. The van der Waals surface area contributed by atoms with E-state index in [9.17, 15) is 9.59 Å². The van der Waals surface area contributed by atoms with Gasteiger partial charge in [-0.3, -0.25) is 9.59 Å². The number of thioether (sulfide) groups is 1. The number of unbranched alkanes of at least 4 members (excludes halogenated alkanes) is 1. The van der Waals surface area contributed by atoms with Gasteiger partial charge in [0.2, 0.25) is 11.8 Å². The average Bonchev–Trinajstić information content (AvgIpc) is 2.88. The summed E-state index contributed by atoms with van der Waals surface area (Å²) in [6.07, 6.45) is 2.30. The molecule has 3 aromatic rings. The lowest BCUT2D eigenvalue weighted by Gasteiger charge is -2.31. The zero-order valence-corrected chi connectivity index (χ0v) is 22.8. The van der Waals surface area contributed by atoms with Gasteiger partial charge in [0.25, 0.3) is 0 Å². The van der Waals surface area contributed by atoms with Crippen LogP contribution in [0.2, 0.25) is 10.0 Å². The fourth-order valence-electron chi connectivity index (χ4n) is 3.84. The minimum Gasteiger partial charge on any atom is -0.354 e. The van der Waals surface area contributed by atoms with E-state index in [4.69, 9.17) is 23.2 Å². The van der Waals surface area contributed by atoms with Gasteiger partial charge in [0, 0.05) is 35.3 Å². The van der Waals surface area contributed by atoms with E-state index in [1.54, 1.807) is 11.0 Å². The molecule has 36 heavy (non-hydrogen) atoms.